The molecule has 3 aromatic rings. The van der Waals surface area contributed by atoms with Crippen LogP contribution >= 0.6 is 0 Å². The van der Waals surface area contributed by atoms with Crippen LogP contribution in [0.2, 0.25) is 0 Å². The maximum atomic E-state index is 11.6. The quantitative estimate of drug-likeness (QED) is 0.636. The Morgan fingerprint density at radius 3 is 2.61 bits per heavy atom. The first-order valence-electron chi connectivity index (χ1n) is 9.07. The third kappa shape index (κ3) is 3.98. The molecule has 2 aromatic heterocycles. The van der Waals surface area contributed by atoms with Crippen molar-refractivity contribution in [2.45, 2.75) is 4.90 Å². The smallest absolute Gasteiger partial charge is 0.227 e. The number of piperazine rings is 1. The van der Waals surface area contributed by atoms with Crippen LogP contribution in [-0.2, 0) is 9.84 Å². The highest BCUT2D eigenvalue weighted by molar-refractivity contribution is 7.90. The van der Waals surface area contributed by atoms with Crippen LogP contribution in [0.15, 0.2) is 41.7 Å². The third-order valence-corrected chi connectivity index (χ3v) is 5.82. The summed E-state index contributed by atoms with van der Waals surface area (Å²) in [4.78, 5) is 11.2. The summed E-state index contributed by atoms with van der Waals surface area (Å²) in [5, 5.41) is 8.43. The SMILES string of the molecule is CS(=O)(=O)c1ccc(-n2ncc3c(OCCN4CCNCC4)ncnc32)cc1. The Morgan fingerprint density at radius 2 is 1.89 bits per heavy atom. The Hall–Kier alpha value is -2.56. The lowest BCUT2D eigenvalue weighted by atomic mass is 10.3. The van der Waals surface area contributed by atoms with Crippen LogP contribution in [0.25, 0.3) is 16.7 Å². The molecule has 10 heteroatoms. The second-order valence-electron chi connectivity index (χ2n) is 6.68. The highest BCUT2D eigenvalue weighted by Gasteiger charge is 2.14. The topological polar surface area (TPSA) is 102 Å². The van der Waals surface area contributed by atoms with E-state index >= 15 is 0 Å². The van der Waals surface area contributed by atoms with Gasteiger partial charge in [-0.3, -0.25) is 4.90 Å². The standard InChI is InChI=1S/C18H22N6O3S/c1-28(25,26)15-4-2-14(3-5-15)24-17-16(12-22-24)18(21-13-20-17)27-11-10-23-8-6-19-7-9-23/h2-5,12-13,19H,6-11H2,1H3. The van der Waals surface area contributed by atoms with Gasteiger partial charge in [-0.05, 0) is 24.3 Å². The van der Waals surface area contributed by atoms with E-state index in [1.165, 1.54) is 12.6 Å². The number of benzene rings is 1. The molecule has 0 spiro atoms. The number of hydrogen-bond acceptors (Lipinski definition) is 8. The van der Waals surface area contributed by atoms with E-state index in [0.29, 0.717) is 23.8 Å². The van der Waals surface area contributed by atoms with Crippen molar-refractivity contribution in [3.05, 3.63) is 36.8 Å². The average molecular weight is 402 g/mol. The van der Waals surface area contributed by atoms with Crippen molar-refractivity contribution in [1.29, 1.82) is 0 Å². The van der Waals surface area contributed by atoms with Gasteiger partial charge in [0, 0.05) is 39.0 Å². The molecule has 148 valence electrons. The normalized spacial score (nSPS) is 15.8. The third-order valence-electron chi connectivity index (χ3n) is 4.69. The molecule has 0 radical (unpaired) electrons. The molecule has 1 N–H and O–H groups in total. The molecule has 1 fully saturated rings. The molecule has 0 saturated carbocycles. The first-order chi connectivity index (χ1) is 13.5. The maximum absolute atomic E-state index is 11.6. The molecule has 0 bridgehead atoms. The van der Waals surface area contributed by atoms with Crippen LogP contribution in [0.4, 0.5) is 0 Å². The zero-order valence-corrected chi connectivity index (χ0v) is 16.4. The van der Waals surface area contributed by atoms with Crippen molar-refractivity contribution in [3.63, 3.8) is 0 Å². The van der Waals surface area contributed by atoms with Crippen LogP contribution in [0.3, 0.4) is 0 Å². The first kappa shape index (κ1) is 18.8. The van der Waals surface area contributed by atoms with Gasteiger partial charge in [0.25, 0.3) is 0 Å². The van der Waals surface area contributed by atoms with Crippen molar-refractivity contribution in [2.75, 3.05) is 45.6 Å². The fourth-order valence-corrected chi connectivity index (χ4v) is 3.80. The van der Waals surface area contributed by atoms with E-state index in [2.05, 4.69) is 25.3 Å². The van der Waals surface area contributed by atoms with Crippen molar-refractivity contribution >= 4 is 20.9 Å². The molecule has 1 aromatic carbocycles. The largest absolute Gasteiger partial charge is 0.476 e. The lowest BCUT2D eigenvalue weighted by molar-refractivity contribution is 0.189. The van der Waals surface area contributed by atoms with Crippen LogP contribution < -0.4 is 10.1 Å². The predicted molar refractivity (Wildman–Crippen MR) is 105 cm³/mol. The molecule has 3 heterocycles. The Morgan fingerprint density at radius 1 is 1.14 bits per heavy atom. The number of hydrogen-bond donors (Lipinski definition) is 1. The molecule has 28 heavy (non-hydrogen) atoms. The van der Waals surface area contributed by atoms with Crippen molar-refractivity contribution in [2.24, 2.45) is 0 Å². The van der Waals surface area contributed by atoms with E-state index < -0.39 is 9.84 Å². The summed E-state index contributed by atoms with van der Waals surface area (Å²) in [6, 6.07) is 6.53. The molecule has 1 aliphatic heterocycles. The molecule has 9 nitrogen and oxygen atoms in total. The summed E-state index contributed by atoms with van der Waals surface area (Å²) >= 11 is 0. The maximum Gasteiger partial charge on any atom is 0.227 e. The molecule has 0 atom stereocenters. The fourth-order valence-electron chi connectivity index (χ4n) is 3.17. The number of aromatic nitrogens is 4. The van der Waals surface area contributed by atoms with Crippen LogP contribution in [0.5, 0.6) is 5.88 Å². The number of rotatable bonds is 6. The Labute approximate surface area is 163 Å². The van der Waals surface area contributed by atoms with Gasteiger partial charge in [0.2, 0.25) is 5.88 Å². The number of sulfone groups is 1. The van der Waals surface area contributed by atoms with E-state index in [1.807, 2.05) is 0 Å². The van der Waals surface area contributed by atoms with Gasteiger partial charge in [0.05, 0.1) is 16.8 Å². The predicted octanol–water partition coefficient (Wildman–Crippen LogP) is 0.503. The minimum absolute atomic E-state index is 0.263. The van der Waals surface area contributed by atoms with Crippen LogP contribution in [0, 0.1) is 0 Å². The molecule has 0 unspecified atom stereocenters. The molecule has 0 aliphatic carbocycles. The van der Waals surface area contributed by atoms with Gasteiger partial charge in [-0.1, -0.05) is 0 Å². The summed E-state index contributed by atoms with van der Waals surface area (Å²) in [6.45, 7) is 5.42. The van der Waals surface area contributed by atoms with Crippen LogP contribution in [0.1, 0.15) is 0 Å². The van der Waals surface area contributed by atoms with Gasteiger partial charge in [-0.25, -0.2) is 23.1 Å². The molecule has 1 saturated heterocycles. The van der Waals surface area contributed by atoms with Gasteiger partial charge in [0.15, 0.2) is 15.5 Å². The lowest BCUT2D eigenvalue weighted by Gasteiger charge is -2.26. The highest BCUT2D eigenvalue weighted by atomic mass is 32.2. The minimum atomic E-state index is -3.24. The molecule has 0 amide bonds. The van der Waals surface area contributed by atoms with Crippen molar-refractivity contribution in [3.8, 4) is 11.6 Å². The summed E-state index contributed by atoms with van der Waals surface area (Å²) in [5.41, 5.74) is 1.33. The molecular weight excluding hydrogens is 380 g/mol. The molecular formula is C18H22N6O3S. The van der Waals surface area contributed by atoms with Gasteiger partial charge in [-0.2, -0.15) is 5.10 Å². The van der Waals surface area contributed by atoms with Gasteiger partial charge < -0.3 is 10.1 Å². The van der Waals surface area contributed by atoms with Gasteiger partial charge >= 0.3 is 0 Å². The van der Waals surface area contributed by atoms with Gasteiger partial charge in [-0.15, -0.1) is 0 Å². The summed E-state index contributed by atoms with van der Waals surface area (Å²) in [5.74, 6) is 0.499. The lowest BCUT2D eigenvalue weighted by Crippen LogP contribution is -2.44. The number of fused-ring (bicyclic) bond motifs is 1. The van der Waals surface area contributed by atoms with Gasteiger partial charge in [0.1, 0.15) is 18.3 Å². The summed E-state index contributed by atoms with van der Waals surface area (Å²) in [7, 11) is -3.24. The van der Waals surface area contributed by atoms with E-state index in [-0.39, 0.29) is 4.90 Å². The fraction of sp³-hybridized carbons (Fsp3) is 0.389. The molecule has 1 aliphatic rings. The monoisotopic (exact) mass is 402 g/mol. The first-order valence-corrected chi connectivity index (χ1v) is 11.0. The minimum Gasteiger partial charge on any atom is -0.476 e. The zero-order valence-electron chi connectivity index (χ0n) is 15.6. The Kier molecular flexibility index (Phi) is 5.25. The van der Waals surface area contributed by atoms with E-state index in [0.717, 1.165) is 38.1 Å². The summed E-state index contributed by atoms with van der Waals surface area (Å²) < 4.78 is 30.8. The summed E-state index contributed by atoms with van der Waals surface area (Å²) in [6.07, 6.45) is 4.30. The van der Waals surface area contributed by atoms with E-state index in [9.17, 15) is 8.42 Å². The zero-order chi connectivity index (χ0) is 19.6. The molecule has 4 rings (SSSR count). The van der Waals surface area contributed by atoms with Crippen molar-refractivity contribution < 1.29 is 13.2 Å². The second kappa shape index (κ2) is 7.82. The number of nitrogens with zero attached hydrogens (tertiary/aromatic N) is 5. The van der Waals surface area contributed by atoms with Crippen molar-refractivity contribution in [1.82, 2.24) is 30.0 Å². The van der Waals surface area contributed by atoms with Crippen LogP contribution in [-0.4, -0.2) is 78.7 Å². The average Bonchev–Trinajstić information content (AvgIpc) is 3.13. The second-order valence-corrected chi connectivity index (χ2v) is 8.69. The number of nitrogens with one attached hydrogen (secondary N) is 1. The highest BCUT2D eigenvalue weighted by Crippen LogP contribution is 2.24. The van der Waals surface area contributed by atoms with E-state index in [4.69, 9.17) is 4.74 Å². The Balaban J connectivity index is 1.53. The van der Waals surface area contributed by atoms with E-state index in [1.54, 1.807) is 35.1 Å². The number of ether oxygens (including phenoxy) is 1. The Bertz CT molecular complexity index is 1060.